The normalized spacial score (nSPS) is 14.1. The Morgan fingerprint density at radius 3 is 2.58 bits per heavy atom. The number of nitrogens with zero attached hydrogens (tertiary/aromatic N) is 2. The van der Waals surface area contributed by atoms with Crippen LogP contribution in [0.5, 0.6) is 0 Å². The van der Waals surface area contributed by atoms with E-state index in [1.54, 1.807) is 6.07 Å². The Morgan fingerprint density at radius 2 is 2.05 bits per heavy atom. The number of aromatic carboxylic acids is 1. The van der Waals surface area contributed by atoms with Crippen molar-refractivity contribution in [2.75, 3.05) is 31.2 Å². The molecule has 0 aliphatic carbocycles. The van der Waals surface area contributed by atoms with Gasteiger partial charge in [0.25, 0.3) is 0 Å². The Hall–Kier alpha value is -2.13. The van der Waals surface area contributed by atoms with Crippen LogP contribution >= 0.6 is 0 Å². The molecular formula is C13H15FN2O3. The summed E-state index contributed by atoms with van der Waals surface area (Å²) in [5.41, 5.74) is 0.555. The number of morpholine rings is 1. The van der Waals surface area contributed by atoms with Crippen LogP contribution in [0.25, 0.3) is 0 Å². The van der Waals surface area contributed by atoms with Crippen molar-refractivity contribution in [3.63, 3.8) is 0 Å². The summed E-state index contributed by atoms with van der Waals surface area (Å²) in [6.07, 6.45) is 0. The third-order valence-electron chi connectivity index (χ3n) is 2.54. The van der Waals surface area contributed by atoms with Gasteiger partial charge in [0, 0.05) is 20.0 Å². The molecule has 5 nitrogen and oxygen atoms in total. The number of nitriles is 1. The molecule has 0 atom stereocenters. The largest absolute Gasteiger partial charge is 0.478 e. The van der Waals surface area contributed by atoms with E-state index < -0.39 is 11.8 Å². The lowest BCUT2D eigenvalue weighted by molar-refractivity contribution is 0.0696. The minimum absolute atomic E-state index is 0.128. The van der Waals surface area contributed by atoms with Crippen molar-refractivity contribution in [3.8, 4) is 6.07 Å². The zero-order valence-corrected chi connectivity index (χ0v) is 10.6. The molecule has 1 N–H and O–H groups in total. The maximum atomic E-state index is 13.1. The van der Waals surface area contributed by atoms with Gasteiger partial charge >= 0.3 is 5.97 Å². The number of ether oxygens (including phenoxy) is 1. The quantitative estimate of drug-likeness (QED) is 0.884. The van der Waals surface area contributed by atoms with Crippen LogP contribution in [0.3, 0.4) is 0 Å². The molecule has 1 aliphatic heterocycles. The van der Waals surface area contributed by atoms with Gasteiger partial charge in [-0.15, -0.1) is 0 Å². The number of anilines is 1. The Labute approximate surface area is 110 Å². The fourth-order valence-corrected chi connectivity index (χ4v) is 1.75. The zero-order chi connectivity index (χ0) is 14.3. The molecule has 19 heavy (non-hydrogen) atoms. The van der Waals surface area contributed by atoms with Gasteiger partial charge in [0.15, 0.2) is 0 Å². The van der Waals surface area contributed by atoms with Gasteiger partial charge in [-0.05, 0) is 18.2 Å². The van der Waals surface area contributed by atoms with Crippen LogP contribution in [-0.4, -0.2) is 37.4 Å². The number of carbonyl (C=O) groups is 1. The standard InChI is InChI=1S/C11H12FNO3.C2H3N/c12-8-1-2-9(11(14)15)10(7-8)13-3-5-16-6-4-13;1-2-3/h1-2,7H,3-6H2,(H,14,15);1H3. The summed E-state index contributed by atoms with van der Waals surface area (Å²) < 4.78 is 18.3. The van der Waals surface area contributed by atoms with Crippen molar-refractivity contribution in [3.05, 3.63) is 29.6 Å². The molecular weight excluding hydrogens is 251 g/mol. The lowest BCUT2D eigenvalue weighted by Gasteiger charge is -2.29. The maximum Gasteiger partial charge on any atom is 0.337 e. The first kappa shape index (κ1) is 14.9. The van der Waals surface area contributed by atoms with Crippen molar-refractivity contribution < 1.29 is 19.0 Å². The van der Waals surface area contributed by atoms with Crippen LogP contribution in [0.4, 0.5) is 10.1 Å². The van der Waals surface area contributed by atoms with E-state index in [1.165, 1.54) is 19.1 Å². The first-order valence-electron chi connectivity index (χ1n) is 5.76. The molecule has 6 heteroatoms. The van der Waals surface area contributed by atoms with E-state index in [0.717, 1.165) is 6.07 Å². The third kappa shape index (κ3) is 4.23. The highest BCUT2D eigenvalue weighted by Gasteiger charge is 2.18. The first-order valence-corrected chi connectivity index (χ1v) is 5.76. The summed E-state index contributed by atoms with van der Waals surface area (Å²) in [4.78, 5) is 12.8. The Balaban J connectivity index is 0.000000550. The highest BCUT2D eigenvalue weighted by Crippen LogP contribution is 2.22. The Bertz CT molecular complexity index is 479. The molecule has 1 aromatic carbocycles. The lowest BCUT2D eigenvalue weighted by Crippen LogP contribution is -2.37. The molecule has 1 fully saturated rings. The van der Waals surface area contributed by atoms with E-state index in [0.29, 0.717) is 32.0 Å². The van der Waals surface area contributed by atoms with E-state index >= 15 is 0 Å². The summed E-state index contributed by atoms with van der Waals surface area (Å²) in [5, 5.41) is 16.3. The van der Waals surface area contributed by atoms with Gasteiger partial charge in [-0.3, -0.25) is 0 Å². The van der Waals surface area contributed by atoms with Gasteiger partial charge in [0.1, 0.15) is 5.82 Å². The molecule has 0 bridgehead atoms. The summed E-state index contributed by atoms with van der Waals surface area (Å²) in [5.74, 6) is -1.46. The second-order valence-corrected chi connectivity index (χ2v) is 3.79. The number of hydrogen-bond acceptors (Lipinski definition) is 4. The molecule has 0 aromatic heterocycles. The average molecular weight is 266 g/mol. The van der Waals surface area contributed by atoms with Crippen LogP contribution in [0.2, 0.25) is 0 Å². The number of benzene rings is 1. The minimum Gasteiger partial charge on any atom is -0.478 e. The van der Waals surface area contributed by atoms with Crippen molar-refractivity contribution in [2.45, 2.75) is 6.92 Å². The van der Waals surface area contributed by atoms with E-state index in [1.807, 2.05) is 4.90 Å². The van der Waals surface area contributed by atoms with Crippen molar-refractivity contribution in [1.82, 2.24) is 0 Å². The highest BCUT2D eigenvalue weighted by molar-refractivity contribution is 5.94. The number of halogens is 1. The van der Waals surface area contributed by atoms with Crippen LogP contribution < -0.4 is 4.90 Å². The molecule has 0 radical (unpaired) electrons. The maximum absolute atomic E-state index is 13.1. The minimum atomic E-state index is -1.04. The molecule has 1 aromatic rings. The molecule has 0 amide bonds. The second-order valence-electron chi connectivity index (χ2n) is 3.79. The number of carboxylic acid groups (broad SMARTS) is 1. The fraction of sp³-hybridized carbons (Fsp3) is 0.385. The predicted molar refractivity (Wildman–Crippen MR) is 67.7 cm³/mol. The number of carboxylic acids is 1. The van der Waals surface area contributed by atoms with Gasteiger partial charge in [0.05, 0.1) is 30.5 Å². The van der Waals surface area contributed by atoms with Crippen LogP contribution in [0, 0.1) is 17.1 Å². The predicted octanol–water partition coefficient (Wildman–Crippen LogP) is 1.89. The summed E-state index contributed by atoms with van der Waals surface area (Å²) in [7, 11) is 0. The molecule has 1 saturated heterocycles. The van der Waals surface area contributed by atoms with E-state index in [9.17, 15) is 9.18 Å². The highest BCUT2D eigenvalue weighted by atomic mass is 19.1. The van der Waals surface area contributed by atoms with Crippen molar-refractivity contribution in [2.24, 2.45) is 0 Å². The van der Waals surface area contributed by atoms with Gasteiger partial charge in [-0.25, -0.2) is 9.18 Å². The third-order valence-corrected chi connectivity index (χ3v) is 2.54. The van der Waals surface area contributed by atoms with Crippen LogP contribution in [0.15, 0.2) is 18.2 Å². The van der Waals surface area contributed by atoms with Crippen molar-refractivity contribution in [1.29, 1.82) is 5.26 Å². The SMILES string of the molecule is CC#N.O=C(O)c1ccc(F)cc1N1CCOCC1. The topological polar surface area (TPSA) is 73.6 Å². The first-order chi connectivity index (χ1) is 9.10. The fourth-order valence-electron chi connectivity index (χ4n) is 1.75. The Kier molecular flexibility index (Phi) is 5.76. The van der Waals surface area contributed by atoms with E-state index in [4.69, 9.17) is 15.1 Å². The molecule has 1 heterocycles. The zero-order valence-electron chi connectivity index (χ0n) is 10.6. The molecule has 1 aliphatic rings. The van der Waals surface area contributed by atoms with Gasteiger partial charge < -0.3 is 14.7 Å². The number of hydrogen-bond donors (Lipinski definition) is 1. The second kappa shape index (κ2) is 7.34. The summed E-state index contributed by atoms with van der Waals surface area (Å²) >= 11 is 0. The van der Waals surface area contributed by atoms with Gasteiger partial charge in [-0.2, -0.15) is 5.26 Å². The van der Waals surface area contributed by atoms with Crippen LogP contribution in [-0.2, 0) is 4.74 Å². The monoisotopic (exact) mass is 266 g/mol. The van der Waals surface area contributed by atoms with Crippen LogP contribution in [0.1, 0.15) is 17.3 Å². The summed E-state index contributed by atoms with van der Waals surface area (Å²) in [6, 6.07) is 5.46. The van der Waals surface area contributed by atoms with E-state index in [-0.39, 0.29) is 5.56 Å². The molecule has 0 spiro atoms. The molecule has 0 unspecified atom stereocenters. The number of rotatable bonds is 2. The molecule has 102 valence electrons. The smallest absolute Gasteiger partial charge is 0.337 e. The van der Waals surface area contributed by atoms with Crippen molar-refractivity contribution >= 4 is 11.7 Å². The molecule has 0 saturated carbocycles. The van der Waals surface area contributed by atoms with E-state index in [2.05, 4.69) is 0 Å². The average Bonchev–Trinajstić information content (AvgIpc) is 2.40. The van der Waals surface area contributed by atoms with Gasteiger partial charge in [0.2, 0.25) is 0 Å². The van der Waals surface area contributed by atoms with Gasteiger partial charge in [-0.1, -0.05) is 0 Å². The summed E-state index contributed by atoms with van der Waals surface area (Å²) in [6.45, 7) is 3.68. The molecule has 2 rings (SSSR count). The Morgan fingerprint density at radius 1 is 1.47 bits per heavy atom. The lowest BCUT2D eigenvalue weighted by atomic mass is 10.1.